The molecule has 0 aliphatic carbocycles. The van der Waals surface area contributed by atoms with Crippen molar-refractivity contribution in [1.29, 1.82) is 0 Å². The summed E-state index contributed by atoms with van der Waals surface area (Å²) in [6, 6.07) is 0.674. The molecule has 0 bridgehead atoms. The van der Waals surface area contributed by atoms with Gasteiger partial charge in [0.05, 0.1) is 0 Å². The summed E-state index contributed by atoms with van der Waals surface area (Å²) >= 11 is 0. The van der Waals surface area contributed by atoms with E-state index in [0.717, 1.165) is 38.7 Å². The number of rotatable bonds is 6. The van der Waals surface area contributed by atoms with Gasteiger partial charge in [-0.15, -0.1) is 0 Å². The number of hydrogen-bond donors (Lipinski definition) is 1. The molecule has 3 aliphatic rings. The van der Waals surface area contributed by atoms with Crippen LogP contribution in [0.2, 0.25) is 0 Å². The summed E-state index contributed by atoms with van der Waals surface area (Å²) in [7, 11) is 4.22. The molecular formula is C22H44N6. The highest BCUT2D eigenvalue weighted by atomic mass is 15.4. The molecule has 28 heavy (non-hydrogen) atoms. The number of nitrogens with one attached hydrogen (secondary N) is 1. The Hall–Kier alpha value is -0.850. The normalized spacial score (nSPS) is 27.5. The number of hydrogen-bond acceptors (Lipinski definition) is 4. The van der Waals surface area contributed by atoms with Crippen LogP contribution in [0.25, 0.3) is 0 Å². The van der Waals surface area contributed by atoms with Gasteiger partial charge in [-0.3, -0.25) is 14.8 Å². The van der Waals surface area contributed by atoms with E-state index in [1.165, 1.54) is 64.7 Å². The van der Waals surface area contributed by atoms with E-state index < -0.39 is 0 Å². The van der Waals surface area contributed by atoms with Gasteiger partial charge in [-0.25, -0.2) is 0 Å². The summed E-state index contributed by atoms with van der Waals surface area (Å²) in [4.78, 5) is 15.1. The smallest absolute Gasteiger partial charge is 0.193 e. The van der Waals surface area contributed by atoms with Gasteiger partial charge in [-0.1, -0.05) is 20.3 Å². The maximum Gasteiger partial charge on any atom is 0.193 e. The molecule has 3 rings (SSSR count). The van der Waals surface area contributed by atoms with E-state index in [1.807, 2.05) is 7.05 Å². The average molecular weight is 393 g/mol. The van der Waals surface area contributed by atoms with E-state index in [9.17, 15) is 0 Å². The SMILES string of the molecule is CCN(CC)C1CCN(C(=NC)NCC2(N3CCCCC3)CCN(C)CC2)C1. The fraction of sp³-hybridized carbons (Fsp3) is 0.955. The minimum atomic E-state index is 0.306. The van der Waals surface area contributed by atoms with Crippen molar-refractivity contribution in [2.75, 3.05) is 73.0 Å². The number of piperidine rings is 2. The van der Waals surface area contributed by atoms with Crippen LogP contribution in [-0.4, -0.2) is 110 Å². The Morgan fingerprint density at radius 1 is 1.04 bits per heavy atom. The predicted octanol–water partition coefficient (Wildman–Crippen LogP) is 1.93. The van der Waals surface area contributed by atoms with Crippen molar-refractivity contribution < 1.29 is 0 Å². The van der Waals surface area contributed by atoms with Crippen LogP contribution in [0.4, 0.5) is 0 Å². The maximum atomic E-state index is 4.68. The summed E-state index contributed by atoms with van der Waals surface area (Å²) in [5, 5.41) is 3.83. The molecule has 0 amide bonds. The number of aliphatic imine (C=N–C) groups is 1. The lowest BCUT2D eigenvalue weighted by molar-refractivity contribution is 0.0170. The molecule has 0 spiro atoms. The molecule has 0 radical (unpaired) electrons. The first-order chi connectivity index (χ1) is 13.6. The molecule has 1 N–H and O–H groups in total. The zero-order chi connectivity index (χ0) is 20.0. The number of nitrogens with zero attached hydrogens (tertiary/aromatic N) is 5. The van der Waals surface area contributed by atoms with Crippen molar-refractivity contribution in [2.24, 2.45) is 4.99 Å². The largest absolute Gasteiger partial charge is 0.354 e. The third kappa shape index (κ3) is 5.00. The molecule has 0 aromatic carbocycles. The van der Waals surface area contributed by atoms with Gasteiger partial charge in [0.1, 0.15) is 0 Å². The summed E-state index contributed by atoms with van der Waals surface area (Å²) in [5.74, 6) is 1.12. The van der Waals surface area contributed by atoms with Crippen molar-refractivity contribution in [1.82, 2.24) is 24.9 Å². The number of likely N-dealkylation sites (N-methyl/N-ethyl adjacent to an activating group) is 1. The Labute approximate surface area is 173 Å². The second-order valence-corrected chi connectivity index (χ2v) is 9.09. The Kier molecular flexibility index (Phi) is 8.01. The van der Waals surface area contributed by atoms with E-state index in [1.54, 1.807) is 0 Å². The van der Waals surface area contributed by atoms with Gasteiger partial charge in [0, 0.05) is 38.3 Å². The Balaban J connectivity index is 1.61. The quantitative estimate of drug-likeness (QED) is 0.552. The van der Waals surface area contributed by atoms with E-state index in [4.69, 9.17) is 0 Å². The second kappa shape index (κ2) is 10.3. The molecule has 1 atom stereocenters. The van der Waals surface area contributed by atoms with Crippen molar-refractivity contribution in [2.45, 2.75) is 64.0 Å². The fourth-order valence-electron chi connectivity index (χ4n) is 5.56. The third-order valence-corrected chi connectivity index (χ3v) is 7.52. The highest BCUT2D eigenvalue weighted by Crippen LogP contribution is 2.31. The van der Waals surface area contributed by atoms with Crippen LogP contribution in [-0.2, 0) is 0 Å². The minimum absolute atomic E-state index is 0.306. The highest BCUT2D eigenvalue weighted by Gasteiger charge is 2.40. The maximum absolute atomic E-state index is 4.68. The average Bonchev–Trinajstić information content (AvgIpc) is 3.21. The van der Waals surface area contributed by atoms with Crippen LogP contribution < -0.4 is 5.32 Å². The summed E-state index contributed by atoms with van der Waals surface area (Å²) in [6.45, 7) is 15.1. The van der Waals surface area contributed by atoms with Gasteiger partial charge in [0.15, 0.2) is 5.96 Å². The van der Waals surface area contributed by atoms with Crippen LogP contribution in [0.5, 0.6) is 0 Å². The first-order valence-electron chi connectivity index (χ1n) is 11.7. The number of guanidine groups is 1. The molecule has 3 aliphatic heterocycles. The molecular weight excluding hydrogens is 348 g/mol. The van der Waals surface area contributed by atoms with Gasteiger partial charge in [0.25, 0.3) is 0 Å². The molecule has 1 unspecified atom stereocenters. The molecule has 3 saturated heterocycles. The summed E-state index contributed by atoms with van der Waals surface area (Å²) in [5.41, 5.74) is 0.306. The molecule has 0 aromatic rings. The van der Waals surface area contributed by atoms with Crippen LogP contribution >= 0.6 is 0 Å². The van der Waals surface area contributed by atoms with Crippen LogP contribution in [0.1, 0.15) is 52.4 Å². The van der Waals surface area contributed by atoms with E-state index >= 15 is 0 Å². The second-order valence-electron chi connectivity index (χ2n) is 9.09. The first kappa shape index (κ1) is 21.8. The molecule has 3 fully saturated rings. The third-order valence-electron chi connectivity index (χ3n) is 7.52. The lowest BCUT2D eigenvalue weighted by Crippen LogP contribution is -2.62. The Morgan fingerprint density at radius 2 is 1.71 bits per heavy atom. The predicted molar refractivity (Wildman–Crippen MR) is 119 cm³/mol. The van der Waals surface area contributed by atoms with Gasteiger partial charge >= 0.3 is 0 Å². The van der Waals surface area contributed by atoms with Crippen LogP contribution in [0.3, 0.4) is 0 Å². The zero-order valence-corrected chi connectivity index (χ0v) is 18.9. The molecule has 162 valence electrons. The van der Waals surface area contributed by atoms with Gasteiger partial charge in [-0.05, 0) is 78.4 Å². The van der Waals surface area contributed by atoms with Gasteiger partial charge in [-0.2, -0.15) is 0 Å². The Bertz CT molecular complexity index is 489. The van der Waals surface area contributed by atoms with Gasteiger partial charge in [0.2, 0.25) is 0 Å². The Morgan fingerprint density at radius 3 is 2.32 bits per heavy atom. The van der Waals surface area contributed by atoms with Crippen molar-refractivity contribution in [3.63, 3.8) is 0 Å². The zero-order valence-electron chi connectivity index (χ0n) is 18.9. The molecule has 0 aromatic heterocycles. The van der Waals surface area contributed by atoms with Gasteiger partial charge < -0.3 is 15.1 Å². The molecule has 0 saturated carbocycles. The summed E-state index contributed by atoms with van der Waals surface area (Å²) < 4.78 is 0. The van der Waals surface area contributed by atoms with Crippen LogP contribution in [0.15, 0.2) is 4.99 Å². The van der Waals surface area contributed by atoms with E-state index in [0.29, 0.717) is 11.6 Å². The van der Waals surface area contributed by atoms with Crippen molar-refractivity contribution in [3.8, 4) is 0 Å². The standard InChI is InChI=1S/C22H44N6/c1-5-26(6-2)20-10-15-27(18-20)21(23-3)24-19-22(11-16-25(4)17-12-22)28-13-8-7-9-14-28/h20H,5-19H2,1-4H3,(H,23,24). The lowest BCUT2D eigenvalue weighted by Gasteiger charge is -2.50. The topological polar surface area (TPSA) is 37.4 Å². The molecule has 3 heterocycles. The highest BCUT2D eigenvalue weighted by molar-refractivity contribution is 5.80. The minimum Gasteiger partial charge on any atom is -0.354 e. The fourth-order valence-corrected chi connectivity index (χ4v) is 5.56. The van der Waals surface area contributed by atoms with E-state index in [2.05, 4.69) is 50.8 Å². The first-order valence-corrected chi connectivity index (χ1v) is 11.7. The summed E-state index contributed by atoms with van der Waals surface area (Å²) in [6.07, 6.45) is 7.94. The van der Waals surface area contributed by atoms with E-state index in [-0.39, 0.29) is 0 Å². The van der Waals surface area contributed by atoms with Crippen LogP contribution in [0, 0.1) is 0 Å². The van der Waals surface area contributed by atoms with Crippen molar-refractivity contribution in [3.05, 3.63) is 0 Å². The lowest BCUT2D eigenvalue weighted by atomic mass is 9.84. The monoisotopic (exact) mass is 392 g/mol. The van der Waals surface area contributed by atoms with Crippen molar-refractivity contribution >= 4 is 5.96 Å². The molecule has 6 heteroatoms. The number of likely N-dealkylation sites (tertiary alicyclic amines) is 3. The molecule has 6 nitrogen and oxygen atoms in total.